The van der Waals surface area contributed by atoms with Crippen molar-refractivity contribution in [2.45, 2.75) is 38.8 Å². The first-order valence-electron chi connectivity index (χ1n) is 6.88. The van der Waals surface area contributed by atoms with Crippen LogP contribution in [0.1, 0.15) is 38.3 Å². The van der Waals surface area contributed by atoms with Gasteiger partial charge in [-0.05, 0) is 25.0 Å². The normalized spacial score (nSPS) is 20.8. The van der Waals surface area contributed by atoms with Gasteiger partial charge in [0.15, 0.2) is 0 Å². The zero-order valence-corrected chi connectivity index (χ0v) is 12.5. The minimum Gasteiger partial charge on any atom is -0.343 e. The molecule has 0 aliphatic carbocycles. The van der Waals surface area contributed by atoms with E-state index in [-0.39, 0.29) is 24.4 Å². The number of piperazine rings is 1. The summed E-state index contributed by atoms with van der Waals surface area (Å²) in [5.74, 6) is -0.138. The van der Waals surface area contributed by atoms with Crippen LogP contribution >= 0.6 is 11.6 Å². The van der Waals surface area contributed by atoms with Gasteiger partial charge in [-0.1, -0.05) is 43.1 Å². The quantitative estimate of drug-likeness (QED) is 0.928. The molecule has 1 aromatic carbocycles. The van der Waals surface area contributed by atoms with Gasteiger partial charge in [-0.3, -0.25) is 9.59 Å². The van der Waals surface area contributed by atoms with Crippen LogP contribution in [0.5, 0.6) is 0 Å². The van der Waals surface area contributed by atoms with Gasteiger partial charge in [-0.15, -0.1) is 0 Å². The zero-order valence-electron chi connectivity index (χ0n) is 11.7. The summed E-state index contributed by atoms with van der Waals surface area (Å²) in [6.45, 7) is 3.99. The van der Waals surface area contributed by atoms with Gasteiger partial charge in [0.05, 0.1) is 6.04 Å². The maximum atomic E-state index is 12.5. The van der Waals surface area contributed by atoms with Crippen LogP contribution in [0.25, 0.3) is 0 Å². The lowest BCUT2D eigenvalue weighted by atomic mass is 10.0. The van der Waals surface area contributed by atoms with Gasteiger partial charge in [0.2, 0.25) is 11.8 Å². The first-order valence-corrected chi connectivity index (χ1v) is 7.26. The number of nitrogens with zero attached hydrogens (tertiary/aromatic N) is 1. The molecule has 0 radical (unpaired) electrons. The number of carbonyl (C=O) groups excluding carboxylic acids is 2. The summed E-state index contributed by atoms with van der Waals surface area (Å²) in [5.41, 5.74) is 0.868. The molecular weight excluding hydrogens is 276 g/mol. The summed E-state index contributed by atoms with van der Waals surface area (Å²) in [6, 6.07) is 6.80. The molecule has 1 heterocycles. The molecule has 2 atom stereocenters. The van der Waals surface area contributed by atoms with Gasteiger partial charge in [0.25, 0.3) is 0 Å². The van der Waals surface area contributed by atoms with E-state index in [1.807, 2.05) is 32.0 Å². The molecule has 1 N–H and O–H groups in total. The molecule has 0 aromatic heterocycles. The highest BCUT2D eigenvalue weighted by atomic mass is 35.5. The number of carbonyl (C=O) groups is 2. The van der Waals surface area contributed by atoms with Crippen molar-refractivity contribution in [1.82, 2.24) is 10.2 Å². The molecule has 4 nitrogen and oxygen atoms in total. The average molecular weight is 295 g/mol. The monoisotopic (exact) mass is 294 g/mol. The summed E-state index contributed by atoms with van der Waals surface area (Å²) in [5, 5.41) is 3.37. The highest BCUT2D eigenvalue weighted by molar-refractivity contribution is 6.31. The fraction of sp³-hybridized carbons (Fsp3) is 0.467. The number of hydrogen-bond acceptors (Lipinski definition) is 2. The second kappa shape index (κ2) is 6.27. The summed E-state index contributed by atoms with van der Waals surface area (Å²) >= 11 is 6.18. The predicted molar refractivity (Wildman–Crippen MR) is 78.4 cm³/mol. The zero-order chi connectivity index (χ0) is 14.7. The summed E-state index contributed by atoms with van der Waals surface area (Å²) in [6.07, 6.45) is 1.52. The second-order valence-electron chi connectivity index (χ2n) is 5.07. The number of benzene rings is 1. The van der Waals surface area contributed by atoms with Crippen molar-refractivity contribution in [3.8, 4) is 0 Å². The number of amides is 2. The van der Waals surface area contributed by atoms with E-state index in [9.17, 15) is 9.59 Å². The summed E-state index contributed by atoms with van der Waals surface area (Å²) in [7, 11) is 0. The van der Waals surface area contributed by atoms with Gasteiger partial charge in [0, 0.05) is 5.02 Å². The molecular formula is C15H19ClN2O2. The first-order chi connectivity index (χ1) is 9.54. The van der Waals surface area contributed by atoms with Crippen LogP contribution in [0.3, 0.4) is 0 Å². The maximum absolute atomic E-state index is 12.5. The Kier molecular flexibility index (Phi) is 4.65. The van der Waals surface area contributed by atoms with E-state index in [1.165, 1.54) is 0 Å². The lowest BCUT2D eigenvalue weighted by Crippen LogP contribution is -2.58. The first kappa shape index (κ1) is 14.9. The van der Waals surface area contributed by atoms with Crippen molar-refractivity contribution >= 4 is 23.4 Å². The molecule has 108 valence electrons. The van der Waals surface area contributed by atoms with Gasteiger partial charge >= 0.3 is 0 Å². The highest BCUT2D eigenvalue weighted by Crippen LogP contribution is 2.28. The number of rotatable bonds is 4. The van der Waals surface area contributed by atoms with Gasteiger partial charge < -0.3 is 10.2 Å². The van der Waals surface area contributed by atoms with E-state index >= 15 is 0 Å². The van der Waals surface area contributed by atoms with Crippen molar-refractivity contribution in [2.24, 2.45) is 0 Å². The van der Waals surface area contributed by atoms with Crippen LogP contribution in [0.4, 0.5) is 0 Å². The summed E-state index contributed by atoms with van der Waals surface area (Å²) in [4.78, 5) is 25.9. The van der Waals surface area contributed by atoms with Gasteiger partial charge in [-0.25, -0.2) is 0 Å². The lowest BCUT2D eigenvalue weighted by Gasteiger charge is -2.37. The van der Waals surface area contributed by atoms with Gasteiger partial charge in [0.1, 0.15) is 12.6 Å². The molecule has 1 saturated heterocycles. The third kappa shape index (κ3) is 2.96. The van der Waals surface area contributed by atoms with Gasteiger partial charge in [-0.2, -0.15) is 0 Å². The Labute approximate surface area is 124 Å². The maximum Gasteiger partial charge on any atom is 0.246 e. The number of hydrogen-bond donors (Lipinski definition) is 1. The van der Waals surface area contributed by atoms with Crippen molar-refractivity contribution in [3.63, 3.8) is 0 Å². The molecule has 1 fully saturated rings. The average Bonchev–Trinajstić information content (AvgIpc) is 2.42. The number of nitrogens with one attached hydrogen (secondary N) is 1. The van der Waals surface area contributed by atoms with Crippen molar-refractivity contribution in [2.75, 3.05) is 6.54 Å². The largest absolute Gasteiger partial charge is 0.343 e. The molecule has 1 aromatic rings. The molecule has 1 aliphatic heterocycles. The van der Waals surface area contributed by atoms with E-state index in [1.54, 1.807) is 11.0 Å². The van der Waals surface area contributed by atoms with Crippen molar-refractivity contribution in [1.29, 1.82) is 0 Å². The Bertz CT molecular complexity index is 518. The second-order valence-corrected chi connectivity index (χ2v) is 5.48. The van der Waals surface area contributed by atoms with E-state index in [0.29, 0.717) is 11.4 Å². The van der Waals surface area contributed by atoms with Crippen molar-refractivity contribution in [3.05, 3.63) is 34.9 Å². The Morgan fingerprint density at radius 3 is 2.75 bits per heavy atom. The van der Waals surface area contributed by atoms with Crippen LogP contribution in [0.2, 0.25) is 5.02 Å². The molecule has 0 bridgehead atoms. The van der Waals surface area contributed by atoms with E-state index in [0.717, 1.165) is 12.0 Å². The fourth-order valence-corrected chi connectivity index (χ4v) is 2.82. The van der Waals surface area contributed by atoms with E-state index in [4.69, 9.17) is 11.6 Å². The molecule has 20 heavy (non-hydrogen) atoms. The minimum atomic E-state index is -0.411. The third-order valence-electron chi connectivity index (χ3n) is 3.63. The Morgan fingerprint density at radius 1 is 1.40 bits per heavy atom. The van der Waals surface area contributed by atoms with E-state index in [2.05, 4.69) is 5.32 Å². The molecule has 2 rings (SSSR count). The SMILES string of the molecule is CCCC1NC(=O)CN(C(C)c2ccccc2Cl)C1=O. The molecule has 0 saturated carbocycles. The van der Waals surface area contributed by atoms with Crippen molar-refractivity contribution < 1.29 is 9.59 Å². The molecule has 2 amide bonds. The lowest BCUT2D eigenvalue weighted by molar-refractivity contribution is -0.146. The Morgan fingerprint density at radius 2 is 2.10 bits per heavy atom. The third-order valence-corrected chi connectivity index (χ3v) is 3.97. The molecule has 5 heteroatoms. The molecule has 1 aliphatic rings. The fourth-order valence-electron chi connectivity index (χ4n) is 2.53. The Hall–Kier alpha value is -1.55. The number of halogens is 1. The smallest absolute Gasteiger partial charge is 0.246 e. The van der Waals surface area contributed by atoms with E-state index < -0.39 is 6.04 Å². The topological polar surface area (TPSA) is 49.4 Å². The van der Waals surface area contributed by atoms with Crippen LogP contribution in [-0.4, -0.2) is 29.3 Å². The standard InChI is InChI=1S/C15H19ClN2O2/c1-3-6-13-15(20)18(9-14(19)17-13)10(2)11-7-4-5-8-12(11)16/h4-5,7-8,10,13H,3,6,9H2,1-2H3,(H,17,19). The molecule has 0 spiro atoms. The highest BCUT2D eigenvalue weighted by Gasteiger charge is 2.35. The Balaban J connectivity index is 2.24. The predicted octanol–water partition coefficient (Wildman–Crippen LogP) is 2.53. The van der Waals surface area contributed by atoms with Crippen LogP contribution in [-0.2, 0) is 9.59 Å². The van der Waals surface area contributed by atoms with Crippen LogP contribution < -0.4 is 5.32 Å². The minimum absolute atomic E-state index is 0.0288. The van der Waals surface area contributed by atoms with Crippen LogP contribution in [0.15, 0.2) is 24.3 Å². The summed E-state index contributed by atoms with van der Waals surface area (Å²) < 4.78 is 0. The van der Waals surface area contributed by atoms with Crippen LogP contribution in [0, 0.1) is 0 Å². The molecule has 2 unspecified atom stereocenters.